The number of nitrogens with one attached hydrogen (secondary N) is 1. The van der Waals surface area contributed by atoms with Gasteiger partial charge in [-0.1, -0.05) is 34.1 Å². The standard InChI is InChI=1S/C24H21BrFN3O3/c1-14-11-20(15(2)29(14)19-6-4-5-17(25)12-19)21(30)13-28-22(31)24(3,27-23(28)32)16-7-9-18(26)10-8-16/h4-12H,13H2,1-3H3,(H,27,32). The molecule has 4 rings (SSSR count). The number of rotatable bonds is 5. The highest BCUT2D eigenvalue weighted by molar-refractivity contribution is 9.10. The second kappa shape index (κ2) is 8.02. The molecular formula is C24H21BrFN3O3. The lowest BCUT2D eigenvalue weighted by atomic mass is 9.92. The van der Waals surface area contributed by atoms with Gasteiger partial charge in [0.2, 0.25) is 0 Å². The Morgan fingerprint density at radius 2 is 1.78 bits per heavy atom. The van der Waals surface area contributed by atoms with E-state index in [0.717, 1.165) is 26.4 Å². The summed E-state index contributed by atoms with van der Waals surface area (Å²) >= 11 is 3.46. The van der Waals surface area contributed by atoms with Gasteiger partial charge in [0.15, 0.2) is 5.78 Å². The molecule has 0 bridgehead atoms. The Kier molecular flexibility index (Phi) is 5.50. The van der Waals surface area contributed by atoms with Crippen molar-refractivity contribution in [3.63, 3.8) is 0 Å². The van der Waals surface area contributed by atoms with Gasteiger partial charge in [0, 0.05) is 27.1 Å². The highest BCUT2D eigenvalue weighted by Crippen LogP contribution is 2.30. The zero-order chi connectivity index (χ0) is 23.2. The lowest BCUT2D eigenvalue weighted by Gasteiger charge is -2.22. The minimum Gasteiger partial charge on any atom is -0.319 e. The maximum absolute atomic E-state index is 13.3. The second-order valence-electron chi connectivity index (χ2n) is 7.98. The molecule has 8 heteroatoms. The molecule has 2 heterocycles. The summed E-state index contributed by atoms with van der Waals surface area (Å²) in [4.78, 5) is 39.7. The fraction of sp³-hybridized carbons (Fsp3) is 0.208. The second-order valence-corrected chi connectivity index (χ2v) is 8.89. The number of hydrogen-bond donors (Lipinski definition) is 1. The number of aryl methyl sites for hydroxylation is 1. The Hall–Kier alpha value is -3.26. The van der Waals surface area contributed by atoms with Gasteiger partial charge in [-0.15, -0.1) is 0 Å². The van der Waals surface area contributed by atoms with E-state index in [-0.39, 0.29) is 12.3 Å². The number of halogens is 2. The molecule has 1 N–H and O–H groups in total. The molecule has 1 saturated heterocycles. The Morgan fingerprint density at radius 1 is 1.09 bits per heavy atom. The van der Waals surface area contributed by atoms with Crippen LogP contribution in [0.3, 0.4) is 0 Å². The summed E-state index contributed by atoms with van der Waals surface area (Å²) in [5.41, 5.74) is 2.00. The van der Waals surface area contributed by atoms with Crippen LogP contribution in [0.25, 0.3) is 5.69 Å². The minimum absolute atomic E-state index is 0.341. The monoisotopic (exact) mass is 497 g/mol. The van der Waals surface area contributed by atoms with Crippen LogP contribution in [0.5, 0.6) is 0 Å². The summed E-state index contributed by atoms with van der Waals surface area (Å²) < 4.78 is 16.2. The molecule has 1 fully saturated rings. The molecule has 2 aromatic carbocycles. The van der Waals surface area contributed by atoms with Crippen LogP contribution in [-0.4, -0.2) is 33.7 Å². The smallest absolute Gasteiger partial charge is 0.319 e. The highest BCUT2D eigenvalue weighted by Gasteiger charge is 2.49. The van der Waals surface area contributed by atoms with Crippen LogP contribution in [0.1, 0.15) is 34.2 Å². The van der Waals surface area contributed by atoms with Crippen molar-refractivity contribution in [3.8, 4) is 5.69 Å². The first-order chi connectivity index (χ1) is 15.1. The average molecular weight is 498 g/mol. The predicted octanol–water partition coefficient (Wildman–Crippen LogP) is 4.65. The van der Waals surface area contributed by atoms with E-state index in [1.54, 1.807) is 13.0 Å². The van der Waals surface area contributed by atoms with Crippen LogP contribution in [0.4, 0.5) is 9.18 Å². The predicted molar refractivity (Wildman–Crippen MR) is 121 cm³/mol. The largest absolute Gasteiger partial charge is 0.325 e. The van der Waals surface area contributed by atoms with E-state index in [1.165, 1.54) is 24.3 Å². The third-order valence-electron chi connectivity index (χ3n) is 5.80. The van der Waals surface area contributed by atoms with Crippen LogP contribution < -0.4 is 5.32 Å². The first-order valence-corrected chi connectivity index (χ1v) is 10.8. The van der Waals surface area contributed by atoms with Crippen LogP contribution in [-0.2, 0) is 10.3 Å². The fourth-order valence-corrected chi connectivity index (χ4v) is 4.49. The summed E-state index contributed by atoms with van der Waals surface area (Å²) in [6.45, 7) is 4.88. The lowest BCUT2D eigenvalue weighted by Crippen LogP contribution is -2.41. The van der Waals surface area contributed by atoms with Crippen molar-refractivity contribution in [1.82, 2.24) is 14.8 Å². The van der Waals surface area contributed by atoms with Crippen molar-refractivity contribution in [2.24, 2.45) is 0 Å². The van der Waals surface area contributed by atoms with Gasteiger partial charge in [-0.05, 0) is 62.7 Å². The molecule has 32 heavy (non-hydrogen) atoms. The maximum atomic E-state index is 13.3. The highest BCUT2D eigenvalue weighted by atomic mass is 79.9. The van der Waals surface area contributed by atoms with Crippen LogP contribution >= 0.6 is 15.9 Å². The minimum atomic E-state index is -1.36. The van der Waals surface area contributed by atoms with Crippen molar-refractivity contribution in [2.75, 3.05) is 6.54 Å². The van der Waals surface area contributed by atoms with Crippen LogP contribution in [0.15, 0.2) is 59.1 Å². The molecule has 0 radical (unpaired) electrons. The van der Waals surface area contributed by atoms with Gasteiger partial charge >= 0.3 is 6.03 Å². The number of nitrogens with zero attached hydrogens (tertiary/aromatic N) is 2. The van der Waals surface area contributed by atoms with Gasteiger partial charge in [0.1, 0.15) is 11.4 Å². The summed E-state index contributed by atoms with van der Waals surface area (Å²) in [5.74, 6) is -1.34. The number of aromatic nitrogens is 1. The molecule has 0 aliphatic carbocycles. The first-order valence-electron chi connectivity index (χ1n) is 10.00. The molecule has 1 aliphatic rings. The van der Waals surface area contributed by atoms with E-state index in [2.05, 4.69) is 21.2 Å². The number of ketones is 1. The number of carbonyl (C=O) groups excluding carboxylic acids is 3. The van der Waals surface area contributed by atoms with Gasteiger partial charge in [0.05, 0.1) is 6.54 Å². The summed E-state index contributed by atoms with van der Waals surface area (Å²) in [7, 11) is 0. The van der Waals surface area contributed by atoms with Crippen molar-refractivity contribution in [1.29, 1.82) is 0 Å². The lowest BCUT2D eigenvalue weighted by molar-refractivity contribution is -0.130. The van der Waals surface area contributed by atoms with E-state index in [9.17, 15) is 18.8 Å². The number of Topliss-reactive ketones (excluding diaryl/α,β-unsaturated/α-hetero) is 1. The van der Waals surface area contributed by atoms with E-state index in [1.807, 2.05) is 42.7 Å². The molecule has 1 aliphatic heterocycles. The maximum Gasteiger partial charge on any atom is 0.325 e. The Bertz CT molecular complexity index is 1250. The molecule has 3 amide bonds. The van der Waals surface area contributed by atoms with E-state index in [0.29, 0.717) is 11.1 Å². The normalized spacial score (nSPS) is 18.2. The Balaban J connectivity index is 1.61. The molecule has 164 valence electrons. The molecule has 1 atom stereocenters. The average Bonchev–Trinajstić information content (AvgIpc) is 3.16. The molecule has 1 unspecified atom stereocenters. The quantitative estimate of drug-likeness (QED) is 0.412. The molecule has 3 aromatic rings. The molecular weight excluding hydrogens is 477 g/mol. The van der Waals surface area contributed by atoms with Crippen LogP contribution in [0, 0.1) is 19.7 Å². The number of hydrogen-bond acceptors (Lipinski definition) is 3. The number of benzene rings is 2. The van der Waals surface area contributed by atoms with Gasteiger partial charge in [-0.25, -0.2) is 9.18 Å². The SMILES string of the molecule is Cc1cc(C(=O)CN2C(=O)NC(C)(c3ccc(F)cc3)C2=O)c(C)n1-c1cccc(Br)c1. The molecule has 0 spiro atoms. The van der Waals surface area contributed by atoms with Crippen molar-refractivity contribution < 1.29 is 18.8 Å². The number of imide groups is 1. The zero-order valence-corrected chi connectivity index (χ0v) is 19.4. The van der Waals surface area contributed by atoms with Crippen molar-refractivity contribution >= 4 is 33.7 Å². The topological polar surface area (TPSA) is 71.4 Å². The zero-order valence-electron chi connectivity index (χ0n) is 17.8. The third-order valence-corrected chi connectivity index (χ3v) is 6.29. The molecule has 1 aromatic heterocycles. The number of urea groups is 1. The van der Waals surface area contributed by atoms with E-state index >= 15 is 0 Å². The number of carbonyl (C=O) groups is 3. The Morgan fingerprint density at radius 3 is 2.44 bits per heavy atom. The fourth-order valence-electron chi connectivity index (χ4n) is 4.11. The number of amides is 3. The molecule has 0 saturated carbocycles. The Labute approximate surface area is 193 Å². The molecule has 6 nitrogen and oxygen atoms in total. The summed E-state index contributed by atoms with van der Waals surface area (Å²) in [5, 5.41) is 2.64. The van der Waals surface area contributed by atoms with Gasteiger partial charge < -0.3 is 9.88 Å². The van der Waals surface area contributed by atoms with E-state index in [4.69, 9.17) is 0 Å². The van der Waals surface area contributed by atoms with Crippen molar-refractivity contribution in [3.05, 3.63) is 87.4 Å². The third kappa shape index (κ3) is 3.64. The van der Waals surface area contributed by atoms with Crippen molar-refractivity contribution in [2.45, 2.75) is 26.3 Å². The summed E-state index contributed by atoms with van der Waals surface area (Å²) in [6, 6.07) is 14.2. The van der Waals surface area contributed by atoms with Crippen LogP contribution in [0.2, 0.25) is 0 Å². The first kappa shape index (κ1) is 22.0. The van der Waals surface area contributed by atoms with Gasteiger partial charge in [-0.2, -0.15) is 0 Å². The van der Waals surface area contributed by atoms with Gasteiger partial charge in [-0.3, -0.25) is 14.5 Å². The van der Waals surface area contributed by atoms with E-state index < -0.39 is 23.3 Å². The summed E-state index contributed by atoms with van der Waals surface area (Å²) in [6.07, 6.45) is 0. The van der Waals surface area contributed by atoms with Gasteiger partial charge in [0.25, 0.3) is 5.91 Å².